The van der Waals surface area contributed by atoms with E-state index < -0.39 is 10.0 Å². The van der Waals surface area contributed by atoms with Gasteiger partial charge in [0.05, 0.1) is 7.11 Å². The van der Waals surface area contributed by atoms with Crippen molar-refractivity contribution in [2.45, 2.75) is 37.5 Å². The second kappa shape index (κ2) is 8.96. The van der Waals surface area contributed by atoms with E-state index in [-0.39, 0.29) is 34.0 Å². The average molecular weight is 478 g/mol. The molecule has 1 amide bonds. The van der Waals surface area contributed by atoms with Crippen molar-refractivity contribution in [2.24, 2.45) is 0 Å². The molecule has 1 atom stereocenters. The molecule has 2 aromatic heterocycles. The maximum Gasteiger partial charge on any atom is 0.286 e. The zero-order chi connectivity index (χ0) is 22.9. The van der Waals surface area contributed by atoms with Crippen LogP contribution in [0.25, 0.3) is 0 Å². The van der Waals surface area contributed by atoms with Gasteiger partial charge >= 0.3 is 0 Å². The lowest BCUT2D eigenvalue weighted by Crippen LogP contribution is -2.39. The van der Waals surface area contributed by atoms with Crippen LogP contribution in [-0.2, 0) is 10.0 Å². The number of benzene rings is 1. The summed E-state index contributed by atoms with van der Waals surface area (Å²) in [6, 6.07) is 6.96. The molecule has 3 heterocycles. The van der Waals surface area contributed by atoms with Crippen LogP contribution in [0.1, 0.15) is 45.0 Å². The Hall–Kier alpha value is -2.83. The molecule has 1 aromatic carbocycles. The molecule has 1 saturated heterocycles. The summed E-state index contributed by atoms with van der Waals surface area (Å²) in [4.78, 5) is 12.7. The molecule has 0 radical (unpaired) electrons. The minimum Gasteiger partial charge on any atom is -0.497 e. The Bertz CT molecular complexity index is 1200. The second-order valence-corrected chi connectivity index (χ2v) is 10.4. The Kier molecular flexibility index (Phi) is 6.26. The third-order valence-electron chi connectivity index (χ3n) is 5.28. The monoisotopic (exact) mass is 477 g/mol. The number of aryl methyl sites for hydroxylation is 2. The van der Waals surface area contributed by atoms with Crippen LogP contribution < -0.4 is 10.1 Å². The number of amides is 1. The van der Waals surface area contributed by atoms with Crippen molar-refractivity contribution >= 4 is 33.0 Å². The normalized spacial score (nSPS) is 17.3. The van der Waals surface area contributed by atoms with E-state index in [4.69, 9.17) is 9.26 Å². The fourth-order valence-corrected chi connectivity index (χ4v) is 6.36. The van der Waals surface area contributed by atoms with Gasteiger partial charge in [0.2, 0.25) is 15.0 Å². The van der Waals surface area contributed by atoms with Gasteiger partial charge in [-0.25, -0.2) is 8.42 Å². The van der Waals surface area contributed by atoms with Crippen molar-refractivity contribution in [3.05, 3.63) is 45.7 Å². The summed E-state index contributed by atoms with van der Waals surface area (Å²) in [7, 11) is -2.16. The Morgan fingerprint density at radius 2 is 2.00 bits per heavy atom. The number of nitrogens with one attached hydrogen (secondary N) is 1. The average Bonchev–Trinajstić information content (AvgIpc) is 3.41. The first-order valence-electron chi connectivity index (χ1n) is 10.0. The largest absolute Gasteiger partial charge is 0.497 e. The minimum atomic E-state index is -3.73. The first kappa shape index (κ1) is 22.4. The molecule has 0 spiro atoms. The molecule has 10 nitrogen and oxygen atoms in total. The van der Waals surface area contributed by atoms with E-state index in [1.165, 1.54) is 15.6 Å². The third-order valence-corrected chi connectivity index (χ3v) is 8.48. The summed E-state index contributed by atoms with van der Waals surface area (Å²) < 4.78 is 37.9. The van der Waals surface area contributed by atoms with Gasteiger partial charge in [0.15, 0.2) is 5.76 Å². The molecule has 3 aromatic rings. The van der Waals surface area contributed by atoms with E-state index in [0.29, 0.717) is 35.1 Å². The van der Waals surface area contributed by atoms with E-state index in [9.17, 15) is 13.2 Å². The Morgan fingerprint density at radius 1 is 1.25 bits per heavy atom. The lowest BCUT2D eigenvalue weighted by molar-refractivity contribution is 0.102. The molecule has 1 N–H and O–H groups in total. The number of nitrogens with zero attached hydrogens (tertiary/aromatic N) is 4. The van der Waals surface area contributed by atoms with Crippen molar-refractivity contribution < 1.29 is 22.5 Å². The van der Waals surface area contributed by atoms with Crippen LogP contribution in [0.15, 0.2) is 33.7 Å². The predicted molar refractivity (Wildman–Crippen MR) is 118 cm³/mol. The third kappa shape index (κ3) is 4.38. The highest BCUT2D eigenvalue weighted by Crippen LogP contribution is 2.33. The molecule has 1 aliphatic rings. The van der Waals surface area contributed by atoms with E-state index in [2.05, 4.69) is 20.7 Å². The summed E-state index contributed by atoms with van der Waals surface area (Å²) in [6.45, 7) is 3.88. The summed E-state index contributed by atoms with van der Waals surface area (Å²) >= 11 is 1.18. The molecule has 0 saturated carbocycles. The summed E-state index contributed by atoms with van der Waals surface area (Å²) in [5, 5.41) is 15.6. The van der Waals surface area contributed by atoms with Gasteiger partial charge in [-0.3, -0.25) is 4.79 Å². The van der Waals surface area contributed by atoms with Crippen LogP contribution in [0.5, 0.6) is 5.75 Å². The first-order valence-corrected chi connectivity index (χ1v) is 12.3. The zero-order valence-corrected chi connectivity index (χ0v) is 19.5. The highest BCUT2D eigenvalue weighted by Gasteiger charge is 2.36. The highest BCUT2D eigenvalue weighted by molar-refractivity contribution is 7.89. The van der Waals surface area contributed by atoms with Crippen LogP contribution in [0.3, 0.4) is 0 Å². The van der Waals surface area contributed by atoms with Crippen molar-refractivity contribution in [3.8, 4) is 5.75 Å². The molecular formula is C20H23N5O5S2. The van der Waals surface area contributed by atoms with Gasteiger partial charge in [-0.15, -0.1) is 10.2 Å². The molecule has 4 rings (SSSR count). The maximum absolute atomic E-state index is 13.1. The van der Waals surface area contributed by atoms with Gasteiger partial charge in [-0.05, 0) is 51.0 Å². The van der Waals surface area contributed by atoms with Crippen LogP contribution in [-0.4, -0.2) is 54.2 Å². The van der Waals surface area contributed by atoms with Crippen LogP contribution >= 0.6 is 11.3 Å². The van der Waals surface area contributed by atoms with E-state index in [0.717, 1.165) is 6.42 Å². The van der Waals surface area contributed by atoms with Gasteiger partial charge in [0.1, 0.15) is 21.3 Å². The van der Waals surface area contributed by atoms with E-state index >= 15 is 0 Å². The number of piperidine rings is 1. The molecule has 170 valence electrons. The second-order valence-electron chi connectivity index (χ2n) is 7.48. The van der Waals surface area contributed by atoms with Crippen molar-refractivity contribution in [2.75, 3.05) is 25.5 Å². The molecule has 0 aliphatic carbocycles. The molecule has 32 heavy (non-hydrogen) atoms. The fourth-order valence-electron chi connectivity index (χ4n) is 3.68. The number of hydrogen-bond acceptors (Lipinski definition) is 9. The topological polar surface area (TPSA) is 128 Å². The van der Waals surface area contributed by atoms with Crippen LogP contribution in [0.2, 0.25) is 0 Å². The van der Waals surface area contributed by atoms with Gasteiger partial charge < -0.3 is 14.6 Å². The number of ether oxygens (including phenoxy) is 1. The lowest BCUT2D eigenvalue weighted by Gasteiger charge is -2.30. The number of carbonyl (C=O) groups is 1. The smallest absolute Gasteiger partial charge is 0.286 e. The summed E-state index contributed by atoms with van der Waals surface area (Å²) in [6.07, 6.45) is 1.45. The maximum atomic E-state index is 13.1. The Balaban J connectivity index is 1.47. The standard InChI is InChI=1S/C20H23N5O5S2/c1-12-17(13(2)30-24-12)32(27,28)25-10-4-5-14(11-25)19-22-23-20(31-19)18(26)21-15-6-8-16(29-3)9-7-15/h6-9,14H,4-5,10-11H2,1-3H3,(H,21,26). The molecule has 1 fully saturated rings. The van der Waals surface area contributed by atoms with E-state index in [1.807, 2.05) is 0 Å². The molecule has 1 aliphatic heterocycles. The number of aromatic nitrogens is 3. The Labute approximate surface area is 189 Å². The quantitative estimate of drug-likeness (QED) is 0.574. The number of anilines is 1. The van der Waals surface area contributed by atoms with Crippen molar-refractivity contribution in [3.63, 3.8) is 0 Å². The summed E-state index contributed by atoms with van der Waals surface area (Å²) in [5.41, 5.74) is 0.958. The zero-order valence-electron chi connectivity index (χ0n) is 17.9. The van der Waals surface area contributed by atoms with Crippen molar-refractivity contribution in [1.29, 1.82) is 0 Å². The summed E-state index contributed by atoms with van der Waals surface area (Å²) in [5.74, 6) is 0.460. The number of sulfonamides is 1. The van der Waals surface area contributed by atoms with Gasteiger partial charge in [-0.1, -0.05) is 16.5 Å². The molecule has 0 bridgehead atoms. The van der Waals surface area contributed by atoms with Gasteiger partial charge in [-0.2, -0.15) is 4.31 Å². The lowest BCUT2D eigenvalue weighted by atomic mass is 10.0. The Morgan fingerprint density at radius 3 is 2.66 bits per heavy atom. The van der Waals surface area contributed by atoms with Crippen molar-refractivity contribution in [1.82, 2.24) is 19.7 Å². The minimum absolute atomic E-state index is 0.120. The molecule has 12 heteroatoms. The molecular weight excluding hydrogens is 454 g/mol. The first-order chi connectivity index (χ1) is 15.3. The van der Waals surface area contributed by atoms with Crippen LogP contribution in [0, 0.1) is 13.8 Å². The SMILES string of the molecule is COc1ccc(NC(=O)c2nnc(C3CCCN(S(=O)(=O)c4c(C)noc4C)C3)s2)cc1. The van der Waals surface area contributed by atoms with E-state index in [1.54, 1.807) is 45.2 Å². The highest BCUT2D eigenvalue weighted by atomic mass is 32.2. The number of methoxy groups -OCH3 is 1. The van der Waals surface area contributed by atoms with Gasteiger partial charge in [0.25, 0.3) is 5.91 Å². The number of hydrogen-bond donors (Lipinski definition) is 1. The molecule has 1 unspecified atom stereocenters. The number of carbonyl (C=O) groups excluding carboxylic acids is 1. The fraction of sp³-hybridized carbons (Fsp3) is 0.400. The van der Waals surface area contributed by atoms with Crippen LogP contribution in [0.4, 0.5) is 5.69 Å². The van der Waals surface area contributed by atoms with Gasteiger partial charge in [0, 0.05) is 24.7 Å². The number of rotatable bonds is 6. The predicted octanol–water partition coefficient (Wildman–Crippen LogP) is 2.97.